The molecule has 0 unspecified atom stereocenters. The number of Topliss-reactive ketones (excluding diaryl/α,β-unsaturated/α-hetero) is 1. The number of ketones is 1. The van der Waals surface area contributed by atoms with Gasteiger partial charge in [-0.3, -0.25) is 28.9 Å². The van der Waals surface area contributed by atoms with Crippen LogP contribution in [0.2, 0.25) is 0 Å². The van der Waals surface area contributed by atoms with Crippen molar-refractivity contribution in [2.45, 2.75) is 123 Å². The van der Waals surface area contributed by atoms with Gasteiger partial charge in [0.05, 0.1) is 6.04 Å². The van der Waals surface area contributed by atoms with Crippen LogP contribution in [0, 0.1) is 11.8 Å². The van der Waals surface area contributed by atoms with Crippen LogP contribution in [-0.2, 0) is 38.3 Å². The largest absolute Gasteiger partial charge is 0.490 e. The van der Waals surface area contributed by atoms with Crippen LogP contribution in [0.25, 0.3) is 0 Å². The van der Waals surface area contributed by atoms with E-state index in [2.05, 4.69) is 16.0 Å². The Kier molecular flexibility index (Phi) is 21.8. The van der Waals surface area contributed by atoms with E-state index in [1.807, 2.05) is 0 Å². The third kappa shape index (κ3) is 21.5. The number of hydrogen-bond donors (Lipinski definition) is 6. The summed E-state index contributed by atoms with van der Waals surface area (Å²) in [4.78, 5) is 97.2. The maximum atomic E-state index is 13.5. The summed E-state index contributed by atoms with van der Waals surface area (Å²) in [5, 5.41) is 15.2. The van der Waals surface area contributed by atoms with Crippen molar-refractivity contribution in [3.63, 3.8) is 0 Å². The zero-order valence-corrected chi connectivity index (χ0v) is 31.0. The highest BCUT2D eigenvalue weighted by molar-refractivity contribution is 6.12. The number of rotatable bonds is 22. The molecular formula is C34H55F3N6O10. The Labute approximate surface area is 307 Å². The summed E-state index contributed by atoms with van der Waals surface area (Å²) in [6.07, 6.45) is 1.12. The number of primary amides is 1. The molecule has 0 saturated carbocycles. The molecule has 1 rings (SSSR count). The molecule has 0 saturated heterocycles. The van der Waals surface area contributed by atoms with Gasteiger partial charge in [0.1, 0.15) is 11.6 Å². The van der Waals surface area contributed by atoms with Gasteiger partial charge in [0.15, 0.2) is 5.78 Å². The van der Waals surface area contributed by atoms with Gasteiger partial charge in [-0.05, 0) is 78.2 Å². The number of unbranched alkanes of at least 4 members (excludes halogenated alkanes) is 3. The molecular weight excluding hydrogens is 709 g/mol. The first-order valence-electron chi connectivity index (χ1n) is 17.4. The van der Waals surface area contributed by atoms with Crippen LogP contribution in [-0.4, -0.2) is 101 Å². The van der Waals surface area contributed by atoms with E-state index in [0.29, 0.717) is 51.5 Å². The highest BCUT2D eigenvalue weighted by Crippen LogP contribution is 2.19. The van der Waals surface area contributed by atoms with E-state index in [1.54, 1.807) is 34.6 Å². The first kappa shape index (κ1) is 48.4. The lowest BCUT2D eigenvalue weighted by molar-refractivity contribution is -0.192. The Morgan fingerprint density at radius 2 is 1.47 bits per heavy atom. The molecule has 0 fully saturated rings. The molecule has 302 valence electrons. The topological polar surface area (TPSA) is 257 Å². The van der Waals surface area contributed by atoms with E-state index < -0.39 is 53.7 Å². The minimum absolute atomic E-state index is 0.152. The van der Waals surface area contributed by atoms with Crippen LogP contribution in [0.1, 0.15) is 98.8 Å². The summed E-state index contributed by atoms with van der Waals surface area (Å²) in [7, 11) is 0. The van der Waals surface area contributed by atoms with Crippen molar-refractivity contribution < 1.29 is 61.4 Å². The Morgan fingerprint density at radius 1 is 0.887 bits per heavy atom. The average molecular weight is 765 g/mol. The van der Waals surface area contributed by atoms with Crippen LogP contribution >= 0.6 is 0 Å². The molecule has 0 spiro atoms. The number of nitrogens with zero attached hydrogens (tertiary/aromatic N) is 1. The SMILES string of the molecule is CC(C)[C@H](NC(=O)CCCCCN1C(=O)C=CC1=O)C(=O)C[C@@H](CCCNC(N)=O)C(=O)N[C@@H](CCCCN)C(=O)OC(C)(C)C.O=C(O)C(F)(F)F. The highest BCUT2D eigenvalue weighted by atomic mass is 19.4. The van der Waals surface area contributed by atoms with Gasteiger partial charge in [-0.15, -0.1) is 0 Å². The number of nitrogens with two attached hydrogens (primary N) is 2. The highest BCUT2D eigenvalue weighted by Gasteiger charge is 2.38. The predicted molar refractivity (Wildman–Crippen MR) is 185 cm³/mol. The molecule has 3 atom stereocenters. The third-order valence-corrected chi connectivity index (χ3v) is 7.56. The maximum absolute atomic E-state index is 13.5. The molecule has 16 nitrogen and oxygen atoms in total. The van der Waals surface area contributed by atoms with Gasteiger partial charge in [-0.1, -0.05) is 20.3 Å². The summed E-state index contributed by atoms with van der Waals surface area (Å²) in [6, 6.07) is -2.48. The average Bonchev–Trinajstić information content (AvgIpc) is 3.35. The van der Waals surface area contributed by atoms with Crippen molar-refractivity contribution in [3.05, 3.63) is 12.2 Å². The molecule has 0 radical (unpaired) electrons. The zero-order valence-electron chi connectivity index (χ0n) is 31.0. The normalized spacial score (nSPS) is 14.5. The fourth-order valence-corrected chi connectivity index (χ4v) is 4.91. The number of carbonyl (C=O) groups excluding carboxylic acids is 7. The maximum Gasteiger partial charge on any atom is 0.490 e. The summed E-state index contributed by atoms with van der Waals surface area (Å²) in [6.45, 7) is 9.68. The minimum Gasteiger partial charge on any atom is -0.475 e. The van der Waals surface area contributed by atoms with Crippen molar-refractivity contribution in [2.75, 3.05) is 19.6 Å². The third-order valence-electron chi connectivity index (χ3n) is 7.56. The van der Waals surface area contributed by atoms with E-state index in [4.69, 9.17) is 26.1 Å². The first-order chi connectivity index (χ1) is 24.5. The fourth-order valence-electron chi connectivity index (χ4n) is 4.91. The van der Waals surface area contributed by atoms with Crippen LogP contribution in [0.4, 0.5) is 18.0 Å². The quantitative estimate of drug-likeness (QED) is 0.0529. The van der Waals surface area contributed by atoms with Gasteiger partial charge in [-0.2, -0.15) is 13.2 Å². The molecule has 0 aliphatic carbocycles. The fraction of sp³-hybridized carbons (Fsp3) is 0.706. The van der Waals surface area contributed by atoms with Gasteiger partial charge < -0.3 is 37.3 Å². The number of imide groups is 1. The van der Waals surface area contributed by atoms with E-state index >= 15 is 0 Å². The molecule has 1 heterocycles. The van der Waals surface area contributed by atoms with Crippen LogP contribution < -0.4 is 27.4 Å². The molecule has 6 amide bonds. The Morgan fingerprint density at radius 3 is 1.96 bits per heavy atom. The molecule has 53 heavy (non-hydrogen) atoms. The zero-order chi connectivity index (χ0) is 40.9. The second-order valence-electron chi connectivity index (χ2n) is 13.7. The minimum atomic E-state index is -5.08. The summed E-state index contributed by atoms with van der Waals surface area (Å²) in [5.74, 6) is -6.29. The molecule has 1 aliphatic heterocycles. The predicted octanol–water partition coefficient (Wildman–Crippen LogP) is 2.23. The molecule has 0 aromatic rings. The number of esters is 1. The Balaban J connectivity index is 0.00000348. The summed E-state index contributed by atoms with van der Waals surface area (Å²) in [5.41, 5.74) is 9.99. The van der Waals surface area contributed by atoms with E-state index in [0.717, 1.165) is 4.90 Å². The van der Waals surface area contributed by atoms with Crippen LogP contribution in [0.5, 0.6) is 0 Å². The molecule has 19 heteroatoms. The van der Waals surface area contributed by atoms with E-state index in [9.17, 15) is 46.7 Å². The number of hydrogen-bond acceptors (Lipinski definition) is 10. The van der Waals surface area contributed by atoms with Gasteiger partial charge in [0.2, 0.25) is 11.8 Å². The standard InChI is InChI=1S/C32H54N6O8.C2HF3O2/c1-21(2)28(37-25(40)14-7-6-10-19-38-26(41)15-16-27(38)42)24(39)20-22(12-11-18-35-31(34)45)29(43)36-23(13-8-9-17-33)30(44)46-32(3,4)5;3-2(4,5)1(6)7/h15-16,21-23,28H,6-14,17-20,33H2,1-5H3,(H,36,43)(H,37,40)(H3,34,35,45);(H,6,7)/t22-,23+,28+;/m1./s1. The number of aliphatic carboxylic acids is 1. The molecule has 1 aliphatic rings. The van der Waals surface area contributed by atoms with Crippen molar-refractivity contribution in [2.24, 2.45) is 23.3 Å². The molecule has 0 aromatic heterocycles. The molecule has 0 aromatic carbocycles. The van der Waals surface area contributed by atoms with Crippen molar-refractivity contribution in [1.29, 1.82) is 0 Å². The smallest absolute Gasteiger partial charge is 0.475 e. The molecule has 0 bridgehead atoms. The van der Waals surface area contributed by atoms with Gasteiger partial charge in [0.25, 0.3) is 11.8 Å². The number of nitrogens with one attached hydrogen (secondary N) is 3. The molecule has 8 N–H and O–H groups in total. The number of carboxylic acids is 1. The Hall–Kier alpha value is -4.55. The van der Waals surface area contributed by atoms with Crippen LogP contribution in [0.3, 0.4) is 0 Å². The van der Waals surface area contributed by atoms with Gasteiger partial charge >= 0.3 is 24.1 Å². The lowest BCUT2D eigenvalue weighted by atomic mass is 9.89. The number of carboxylic acid groups (broad SMARTS) is 1. The van der Waals surface area contributed by atoms with Crippen molar-refractivity contribution in [1.82, 2.24) is 20.9 Å². The first-order valence-corrected chi connectivity index (χ1v) is 17.4. The number of urea groups is 1. The van der Waals surface area contributed by atoms with E-state index in [-0.39, 0.29) is 61.8 Å². The summed E-state index contributed by atoms with van der Waals surface area (Å²) < 4.78 is 37.3. The lowest BCUT2D eigenvalue weighted by Gasteiger charge is -2.27. The van der Waals surface area contributed by atoms with Crippen LogP contribution in [0.15, 0.2) is 12.2 Å². The lowest BCUT2D eigenvalue weighted by Crippen LogP contribution is -2.48. The summed E-state index contributed by atoms with van der Waals surface area (Å²) >= 11 is 0. The second-order valence-corrected chi connectivity index (χ2v) is 13.7. The second kappa shape index (κ2) is 23.9. The number of halogens is 3. The van der Waals surface area contributed by atoms with Crippen molar-refractivity contribution in [3.8, 4) is 0 Å². The Bertz CT molecular complexity index is 1280. The number of alkyl halides is 3. The monoisotopic (exact) mass is 764 g/mol. The number of carbonyl (C=O) groups is 8. The van der Waals surface area contributed by atoms with Gasteiger partial charge in [-0.25, -0.2) is 14.4 Å². The number of amides is 6. The van der Waals surface area contributed by atoms with Gasteiger partial charge in [0, 0.05) is 44.0 Å². The van der Waals surface area contributed by atoms with E-state index in [1.165, 1.54) is 12.2 Å². The van der Waals surface area contributed by atoms with Crippen molar-refractivity contribution >= 4 is 47.4 Å². The number of ether oxygens (including phenoxy) is 1.